The van der Waals surface area contributed by atoms with Crippen molar-refractivity contribution in [2.45, 2.75) is 12.0 Å². The number of ether oxygens (including phenoxy) is 1. The topological polar surface area (TPSA) is 74.2 Å². The third kappa shape index (κ3) is 3.53. The highest BCUT2D eigenvalue weighted by molar-refractivity contribution is 5.84. The lowest BCUT2D eigenvalue weighted by atomic mass is 9.80. The highest BCUT2D eigenvalue weighted by atomic mass is 16.5. The molecule has 5 heteroatoms. The number of benzene rings is 3. The van der Waals surface area contributed by atoms with E-state index in [2.05, 4.69) is 46.4 Å². The Morgan fingerprint density at radius 1 is 0.750 bits per heavy atom. The Bertz CT molecular complexity index is 1210. The average molecular weight is 422 g/mol. The van der Waals surface area contributed by atoms with Gasteiger partial charge in [0.05, 0.1) is 12.9 Å². The minimum Gasteiger partial charge on any atom is -0.458 e. The van der Waals surface area contributed by atoms with Gasteiger partial charge in [-0.2, -0.15) is 0 Å². The molecule has 0 atom stereocenters. The second-order valence-corrected chi connectivity index (χ2v) is 7.58. The molecule has 0 aliphatic rings. The van der Waals surface area contributed by atoms with E-state index in [1.807, 2.05) is 54.6 Å². The van der Waals surface area contributed by atoms with Gasteiger partial charge in [-0.1, -0.05) is 91.0 Å². The number of hydrogen-bond acceptors (Lipinski definition) is 5. The molecule has 0 saturated heterocycles. The van der Waals surface area contributed by atoms with E-state index >= 15 is 0 Å². The molecule has 0 amide bonds. The number of furan rings is 1. The van der Waals surface area contributed by atoms with Crippen molar-refractivity contribution in [3.63, 3.8) is 0 Å². The maximum absolute atomic E-state index is 6.82. The first-order valence-electron chi connectivity index (χ1n) is 10.6. The molecule has 2 N–H and O–H groups in total. The summed E-state index contributed by atoms with van der Waals surface area (Å²) in [4.78, 5) is 8.35. The summed E-state index contributed by atoms with van der Waals surface area (Å²) in [5.74, 6) is 0.342. The van der Waals surface area contributed by atoms with Crippen LogP contribution in [-0.4, -0.2) is 16.6 Å². The molecular weight excluding hydrogens is 398 g/mol. The van der Waals surface area contributed by atoms with Crippen LogP contribution in [0.5, 0.6) is 0 Å². The van der Waals surface area contributed by atoms with E-state index in [4.69, 9.17) is 14.9 Å². The maximum atomic E-state index is 6.82. The molecule has 5 aromatic rings. The van der Waals surface area contributed by atoms with E-state index in [1.165, 1.54) is 6.33 Å². The molecule has 32 heavy (non-hydrogen) atoms. The second kappa shape index (κ2) is 8.65. The standard InChI is InChI=1S/C27H23N3O2/c28-26-25-24(29-19-30-26)20(18-31-25)16-17-32-27(21-10-4-1-5-11-21,22-12-6-2-7-13-22)23-14-8-3-9-15-23/h1-15,18-19H,16-17H2,(H2,28,29,30). The Hall–Kier alpha value is -3.96. The number of fused-ring (bicyclic) bond motifs is 1. The molecule has 5 rings (SSSR count). The fourth-order valence-electron chi connectivity index (χ4n) is 4.18. The molecule has 0 saturated carbocycles. The van der Waals surface area contributed by atoms with Gasteiger partial charge in [0.25, 0.3) is 0 Å². The lowest BCUT2D eigenvalue weighted by Crippen LogP contribution is -2.33. The predicted octanol–water partition coefficient (Wildman–Crippen LogP) is 5.36. The number of aromatic nitrogens is 2. The van der Waals surface area contributed by atoms with Crippen molar-refractivity contribution in [1.29, 1.82) is 0 Å². The molecule has 3 aromatic carbocycles. The van der Waals surface area contributed by atoms with E-state index < -0.39 is 5.60 Å². The van der Waals surface area contributed by atoms with E-state index in [0.717, 1.165) is 27.8 Å². The molecule has 0 bridgehead atoms. The van der Waals surface area contributed by atoms with Gasteiger partial charge in [0.2, 0.25) is 0 Å². The number of rotatable bonds is 7. The van der Waals surface area contributed by atoms with E-state index in [9.17, 15) is 0 Å². The number of nitrogens with two attached hydrogens (primary N) is 1. The van der Waals surface area contributed by atoms with Crippen LogP contribution in [0.3, 0.4) is 0 Å². The highest BCUT2D eigenvalue weighted by Gasteiger charge is 2.37. The van der Waals surface area contributed by atoms with E-state index in [1.54, 1.807) is 6.26 Å². The van der Waals surface area contributed by atoms with Crippen LogP contribution in [0.15, 0.2) is 108 Å². The molecule has 2 aromatic heterocycles. The van der Waals surface area contributed by atoms with Crippen molar-refractivity contribution in [3.05, 3.63) is 126 Å². The first-order valence-corrected chi connectivity index (χ1v) is 10.6. The van der Waals surface area contributed by atoms with Crippen LogP contribution >= 0.6 is 0 Å². The summed E-state index contributed by atoms with van der Waals surface area (Å²) in [5, 5.41) is 0. The summed E-state index contributed by atoms with van der Waals surface area (Å²) >= 11 is 0. The molecule has 2 heterocycles. The minimum absolute atomic E-state index is 0.342. The Morgan fingerprint density at radius 3 is 1.81 bits per heavy atom. The van der Waals surface area contributed by atoms with Crippen molar-refractivity contribution < 1.29 is 9.15 Å². The zero-order chi connectivity index (χ0) is 21.8. The maximum Gasteiger partial charge on any atom is 0.194 e. The third-order valence-electron chi connectivity index (χ3n) is 5.69. The van der Waals surface area contributed by atoms with Crippen molar-refractivity contribution in [2.75, 3.05) is 12.3 Å². The molecule has 0 unspecified atom stereocenters. The molecule has 0 aliphatic carbocycles. The lowest BCUT2D eigenvalue weighted by molar-refractivity contribution is 0.0148. The van der Waals surface area contributed by atoms with Crippen LogP contribution in [0, 0.1) is 0 Å². The molecule has 0 aliphatic heterocycles. The van der Waals surface area contributed by atoms with Gasteiger partial charge in [0.15, 0.2) is 11.4 Å². The first kappa shape index (κ1) is 20.0. The average Bonchev–Trinajstić information content (AvgIpc) is 3.28. The van der Waals surface area contributed by atoms with Crippen molar-refractivity contribution in [2.24, 2.45) is 0 Å². The second-order valence-electron chi connectivity index (χ2n) is 7.58. The van der Waals surface area contributed by atoms with Crippen LogP contribution in [0.1, 0.15) is 22.3 Å². The van der Waals surface area contributed by atoms with Crippen molar-refractivity contribution >= 4 is 16.9 Å². The predicted molar refractivity (Wildman–Crippen MR) is 125 cm³/mol. The quantitative estimate of drug-likeness (QED) is 0.358. The van der Waals surface area contributed by atoms with Crippen LogP contribution in [-0.2, 0) is 16.8 Å². The van der Waals surface area contributed by atoms with Gasteiger partial charge in [-0.25, -0.2) is 9.97 Å². The summed E-state index contributed by atoms with van der Waals surface area (Å²) in [6.45, 7) is 0.456. The van der Waals surface area contributed by atoms with Crippen LogP contribution in [0.2, 0.25) is 0 Å². The fraction of sp³-hybridized carbons (Fsp3) is 0.111. The lowest BCUT2D eigenvalue weighted by Gasteiger charge is -2.36. The molecule has 0 radical (unpaired) electrons. The van der Waals surface area contributed by atoms with Gasteiger partial charge >= 0.3 is 0 Å². The summed E-state index contributed by atoms with van der Waals surface area (Å²) in [6, 6.07) is 31.0. The SMILES string of the molecule is Nc1ncnc2c(CCOC(c3ccccc3)(c3ccccc3)c3ccccc3)coc12. The van der Waals surface area contributed by atoms with Gasteiger partial charge < -0.3 is 14.9 Å². The Balaban J connectivity index is 1.56. The van der Waals surface area contributed by atoms with Crippen LogP contribution in [0.4, 0.5) is 5.82 Å². The van der Waals surface area contributed by atoms with Gasteiger partial charge in [-0.3, -0.25) is 0 Å². The number of anilines is 1. The highest BCUT2D eigenvalue weighted by Crippen LogP contribution is 2.40. The van der Waals surface area contributed by atoms with Gasteiger partial charge in [0, 0.05) is 12.0 Å². The number of nitrogens with zero attached hydrogens (tertiary/aromatic N) is 2. The molecule has 158 valence electrons. The van der Waals surface area contributed by atoms with E-state index in [0.29, 0.717) is 24.4 Å². The number of nitrogen functional groups attached to an aromatic ring is 1. The van der Waals surface area contributed by atoms with Crippen LogP contribution in [0.25, 0.3) is 11.1 Å². The third-order valence-corrected chi connectivity index (χ3v) is 5.69. The smallest absolute Gasteiger partial charge is 0.194 e. The monoisotopic (exact) mass is 421 g/mol. The minimum atomic E-state index is -0.753. The largest absolute Gasteiger partial charge is 0.458 e. The summed E-state index contributed by atoms with van der Waals surface area (Å²) in [7, 11) is 0. The number of hydrogen-bond donors (Lipinski definition) is 1. The molecule has 0 fully saturated rings. The summed E-state index contributed by atoms with van der Waals surface area (Å²) < 4.78 is 12.4. The summed E-state index contributed by atoms with van der Waals surface area (Å²) in [6.07, 6.45) is 3.77. The van der Waals surface area contributed by atoms with Crippen molar-refractivity contribution in [3.8, 4) is 0 Å². The van der Waals surface area contributed by atoms with E-state index in [-0.39, 0.29) is 0 Å². The molecule has 0 spiro atoms. The van der Waals surface area contributed by atoms with Gasteiger partial charge in [0.1, 0.15) is 17.4 Å². The van der Waals surface area contributed by atoms with Crippen molar-refractivity contribution in [1.82, 2.24) is 9.97 Å². The zero-order valence-corrected chi connectivity index (χ0v) is 17.5. The van der Waals surface area contributed by atoms with Gasteiger partial charge in [-0.15, -0.1) is 0 Å². The Kier molecular flexibility index (Phi) is 5.40. The molecule has 5 nitrogen and oxygen atoms in total. The normalized spacial score (nSPS) is 11.6. The Morgan fingerprint density at radius 2 is 1.28 bits per heavy atom. The zero-order valence-electron chi connectivity index (χ0n) is 17.5. The summed E-state index contributed by atoms with van der Waals surface area (Å²) in [5.41, 5.74) is 10.6. The van der Waals surface area contributed by atoms with Crippen LogP contribution < -0.4 is 5.73 Å². The Labute approximate surface area is 186 Å². The molecular formula is C27H23N3O2. The first-order chi connectivity index (χ1) is 15.8. The fourth-order valence-corrected chi connectivity index (χ4v) is 4.18. The van der Waals surface area contributed by atoms with Gasteiger partial charge in [-0.05, 0) is 16.7 Å².